The van der Waals surface area contributed by atoms with E-state index in [4.69, 9.17) is 0 Å². The van der Waals surface area contributed by atoms with Crippen molar-refractivity contribution in [2.75, 3.05) is 6.54 Å². The molecule has 0 aliphatic carbocycles. The minimum Gasteiger partial charge on any atom is -0.312 e. The third-order valence-electron chi connectivity index (χ3n) is 3.08. The smallest absolute Gasteiger partial charge is 0.158 e. The van der Waals surface area contributed by atoms with Crippen molar-refractivity contribution in [1.29, 1.82) is 0 Å². The molecule has 0 amide bonds. The highest BCUT2D eigenvalue weighted by molar-refractivity contribution is 14.1. The summed E-state index contributed by atoms with van der Waals surface area (Å²) in [6.45, 7) is 10.4. The number of aryl methyl sites for hydroxylation is 2. The Morgan fingerprint density at radius 3 is 2.70 bits per heavy atom. The van der Waals surface area contributed by atoms with Gasteiger partial charge in [0.1, 0.15) is 0 Å². The van der Waals surface area contributed by atoms with Crippen molar-refractivity contribution in [3.63, 3.8) is 0 Å². The summed E-state index contributed by atoms with van der Waals surface area (Å²) in [4.78, 5) is 4.67. The summed E-state index contributed by atoms with van der Waals surface area (Å²) in [6.07, 6.45) is 3.86. The molecule has 0 saturated heterocycles. The SMILES string of the molecule is Cc1cc(C)c(CNCC(C)C)c(-n2cc(I)cn2)n1. The number of aromatic nitrogens is 3. The molecule has 2 aromatic rings. The van der Waals surface area contributed by atoms with E-state index in [0.717, 1.165) is 28.2 Å². The fourth-order valence-corrected chi connectivity index (χ4v) is 2.54. The van der Waals surface area contributed by atoms with Crippen LogP contribution in [0.25, 0.3) is 5.82 Å². The zero-order valence-corrected chi connectivity index (χ0v) is 14.6. The summed E-state index contributed by atoms with van der Waals surface area (Å²) < 4.78 is 2.98. The van der Waals surface area contributed by atoms with Crippen LogP contribution in [0, 0.1) is 23.3 Å². The highest BCUT2D eigenvalue weighted by atomic mass is 127. The maximum absolute atomic E-state index is 4.67. The molecule has 5 heteroatoms. The monoisotopic (exact) mass is 384 g/mol. The molecule has 2 heterocycles. The second-order valence-corrected chi connectivity index (χ2v) is 6.76. The Labute approximate surface area is 134 Å². The van der Waals surface area contributed by atoms with E-state index in [1.807, 2.05) is 24.0 Å². The molecule has 0 spiro atoms. The lowest BCUT2D eigenvalue weighted by molar-refractivity contribution is 0.549. The molecule has 0 atom stereocenters. The van der Waals surface area contributed by atoms with E-state index >= 15 is 0 Å². The van der Waals surface area contributed by atoms with Gasteiger partial charge < -0.3 is 5.32 Å². The first-order valence-corrected chi connectivity index (χ1v) is 7.93. The highest BCUT2D eigenvalue weighted by Crippen LogP contribution is 2.18. The lowest BCUT2D eigenvalue weighted by Gasteiger charge is -2.14. The summed E-state index contributed by atoms with van der Waals surface area (Å²) >= 11 is 2.27. The zero-order valence-electron chi connectivity index (χ0n) is 12.4. The van der Waals surface area contributed by atoms with Crippen molar-refractivity contribution in [3.8, 4) is 5.82 Å². The van der Waals surface area contributed by atoms with Gasteiger partial charge >= 0.3 is 0 Å². The molecule has 0 aromatic carbocycles. The van der Waals surface area contributed by atoms with Crippen LogP contribution in [0.4, 0.5) is 0 Å². The van der Waals surface area contributed by atoms with Crippen LogP contribution in [-0.4, -0.2) is 21.3 Å². The fraction of sp³-hybridized carbons (Fsp3) is 0.467. The van der Waals surface area contributed by atoms with E-state index in [1.165, 1.54) is 11.1 Å². The van der Waals surface area contributed by atoms with E-state index in [9.17, 15) is 0 Å². The first-order valence-electron chi connectivity index (χ1n) is 6.85. The molecule has 108 valence electrons. The van der Waals surface area contributed by atoms with Gasteiger partial charge in [-0.25, -0.2) is 9.67 Å². The molecule has 20 heavy (non-hydrogen) atoms. The van der Waals surface area contributed by atoms with E-state index in [1.54, 1.807) is 0 Å². The Morgan fingerprint density at radius 2 is 2.10 bits per heavy atom. The fourth-order valence-electron chi connectivity index (χ4n) is 2.15. The summed E-state index contributed by atoms with van der Waals surface area (Å²) in [5.74, 6) is 1.57. The lowest BCUT2D eigenvalue weighted by Crippen LogP contribution is -2.21. The number of rotatable bonds is 5. The highest BCUT2D eigenvalue weighted by Gasteiger charge is 2.12. The van der Waals surface area contributed by atoms with E-state index < -0.39 is 0 Å². The molecular weight excluding hydrogens is 363 g/mol. The van der Waals surface area contributed by atoms with Crippen LogP contribution in [0.15, 0.2) is 18.5 Å². The van der Waals surface area contributed by atoms with E-state index in [-0.39, 0.29) is 0 Å². The molecular formula is C15H21IN4. The zero-order chi connectivity index (χ0) is 14.7. The first-order chi connectivity index (χ1) is 9.47. The number of hydrogen-bond donors (Lipinski definition) is 1. The van der Waals surface area contributed by atoms with Crippen LogP contribution in [-0.2, 0) is 6.54 Å². The molecule has 0 unspecified atom stereocenters. The number of hydrogen-bond acceptors (Lipinski definition) is 3. The van der Waals surface area contributed by atoms with Crippen molar-refractivity contribution in [2.24, 2.45) is 5.92 Å². The van der Waals surface area contributed by atoms with Crippen molar-refractivity contribution < 1.29 is 0 Å². The molecule has 0 aliphatic rings. The largest absolute Gasteiger partial charge is 0.312 e. The van der Waals surface area contributed by atoms with Gasteiger partial charge in [0.15, 0.2) is 5.82 Å². The standard InChI is InChI=1S/C15H21IN4/c1-10(2)6-17-8-14-11(3)5-12(4)19-15(14)20-9-13(16)7-18-20/h5,7,9-10,17H,6,8H2,1-4H3. The molecule has 0 fully saturated rings. The number of nitrogens with zero attached hydrogens (tertiary/aromatic N) is 3. The topological polar surface area (TPSA) is 42.7 Å². The summed E-state index contributed by atoms with van der Waals surface area (Å²) in [5.41, 5.74) is 3.50. The minimum atomic E-state index is 0.641. The number of nitrogens with one attached hydrogen (secondary N) is 1. The minimum absolute atomic E-state index is 0.641. The van der Waals surface area contributed by atoms with E-state index in [0.29, 0.717) is 5.92 Å². The van der Waals surface area contributed by atoms with Crippen LogP contribution in [0.2, 0.25) is 0 Å². The number of halogens is 1. The Kier molecular flexibility index (Phi) is 5.15. The van der Waals surface area contributed by atoms with Gasteiger partial charge in [-0.15, -0.1) is 0 Å². The van der Waals surface area contributed by atoms with Gasteiger partial charge in [0.05, 0.1) is 9.77 Å². The third kappa shape index (κ3) is 3.79. The van der Waals surface area contributed by atoms with Crippen LogP contribution in [0.1, 0.15) is 30.7 Å². The van der Waals surface area contributed by atoms with Gasteiger partial charge in [0.2, 0.25) is 0 Å². The summed E-state index contributed by atoms with van der Waals surface area (Å²) in [5, 5.41) is 7.89. The van der Waals surface area contributed by atoms with Crippen LogP contribution < -0.4 is 5.32 Å². The lowest BCUT2D eigenvalue weighted by atomic mass is 10.1. The van der Waals surface area contributed by atoms with Gasteiger partial charge in [-0.1, -0.05) is 13.8 Å². The molecule has 2 rings (SSSR count). The van der Waals surface area contributed by atoms with Crippen LogP contribution >= 0.6 is 22.6 Å². The maximum Gasteiger partial charge on any atom is 0.158 e. The summed E-state index contributed by atoms with van der Waals surface area (Å²) in [6, 6.07) is 2.13. The van der Waals surface area contributed by atoms with E-state index in [2.05, 4.69) is 64.8 Å². The van der Waals surface area contributed by atoms with Gasteiger partial charge in [-0.2, -0.15) is 5.10 Å². The molecule has 0 bridgehead atoms. The predicted molar refractivity (Wildman–Crippen MR) is 90.1 cm³/mol. The summed E-state index contributed by atoms with van der Waals surface area (Å²) in [7, 11) is 0. The van der Waals surface area contributed by atoms with Crippen molar-refractivity contribution in [1.82, 2.24) is 20.1 Å². The molecule has 4 nitrogen and oxygen atoms in total. The maximum atomic E-state index is 4.67. The van der Waals surface area contributed by atoms with Crippen LogP contribution in [0.5, 0.6) is 0 Å². The van der Waals surface area contributed by atoms with Crippen LogP contribution in [0.3, 0.4) is 0 Å². The van der Waals surface area contributed by atoms with Crippen molar-refractivity contribution >= 4 is 22.6 Å². The Balaban J connectivity index is 2.33. The van der Waals surface area contributed by atoms with Gasteiger partial charge in [0.25, 0.3) is 0 Å². The molecule has 0 saturated carbocycles. The molecule has 0 aliphatic heterocycles. The molecule has 0 radical (unpaired) electrons. The quantitative estimate of drug-likeness (QED) is 0.805. The normalized spacial score (nSPS) is 11.3. The second kappa shape index (κ2) is 6.67. The Bertz CT molecular complexity index is 590. The van der Waals surface area contributed by atoms with Crippen molar-refractivity contribution in [3.05, 3.63) is 38.9 Å². The Hall–Kier alpha value is -0.950. The Morgan fingerprint density at radius 1 is 1.35 bits per heavy atom. The van der Waals surface area contributed by atoms with Gasteiger partial charge in [-0.05, 0) is 60.5 Å². The van der Waals surface area contributed by atoms with Gasteiger partial charge in [0, 0.05) is 24.0 Å². The second-order valence-electron chi connectivity index (χ2n) is 5.51. The van der Waals surface area contributed by atoms with Gasteiger partial charge in [-0.3, -0.25) is 0 Å². The third-order valence-corrected chi connectivity index (χ3v) is 3.63. The first kappa shape index (κ1) is 15.4. The van der Waals surface area contributed by atoms with Crippen molar-refractivity contribution in [2.45, 2.75) is 34.2 Å². The average molecular weight is 384 g/mol. The molecule has 2 aromatic heterocycles. The molecule has 1 N–H and O–H groups in total. The number of pyridine rings is 1. The average Bonchev–Trinajstić information content (AvgIpc) is 2.77. The predicted octanol–water partition coefficient (Wildman–Crippen LogP) is 3.23.